The SMILES string of the molecule is Cc1cc(Cl)cc2c1NC(=O)[C@@]21[C@@H]2C(=O)N(c3ccc([N+](=O)[O-])cc3)C(=O)[C@H]2[C@@H]2CCCN21. The van der Waals surface area contributed by atoms with Crippen LogP contribution in [0.15, 0.2) is 36.4 Å². The number of benzene rings is 2. The first-order valence-corrected chi connectivity index (χ1v) is 11.2. The van der Waals surface area contributed by atoms with Crippen LogP contribution in [0.4, 0.5) is 17.1 Å². The molecule has 33 heavy (non-hydrogen) atoms. The maximum absolute atomic E-state index is 13.9. The topological polar surface area (TPSA) is 113 Å². The van der Waals surface area contributed by atoms with E-state index in [9.17, 15) is 24.5 Å². The number of carbonyl (C=O) groups is 3. The number of nitro benzene ring substituents is 1. The maximum atomic E-state index is 13.9. The highest BCUT2D eigenvalue weighted by Gasteiger charge is 2.74. The Kier molecular flexibility index (Phi) is 4.07. The van der Waals surface area contributed by atoms with Crippen molar-refractivity contribution in [2.45, 2.75) is 31.3 Å². The summed E-state index contributed by atoms with van der Waals surface area (Å²) >= 11 is 6.38. The molecule has 4 atom stereocenters. The molecule has 4 heterocycles. The molecule has 3 fully saturated rings. The number of aryl methyl sites for hydroxylation is 1. The zero-order chi connectivity index (χ0) is 23.2. The summed E-state index contributed by atoms with van der Waals surface area (Å²) < 4.78 is 0. The van der Waals surface area contributed by atoms with Crippen LogP contribution < -0.4 is 10.2 Å². The van der Waals surface area contributed by atoms with E-state index in [1.807, 2.05) is 11.8 Å². The lowest BCUT2D eigenvalue weighted by Gasteiger charge is -2.36. The van der Waals surface area contributed by atoms with E-state index in [1.165, 1.54) is 24.3 Å². The van der Waals surface area contributed by atoms with E-state index in [1.54, 1.807) is 12.1 Å². The van der Waals surface area contributed by atoms with Crippen LogP contribution in [0.5, 0.6) is 0 Å². The second kappa shape index (κ2) is 6.61. The van der Waals surface area contributed by atoms with E-state index in [0.717, 1.165) is 16.9 Å². The van der Waals surface area contributed by atoms with Crippen LogP contribution in [0.2, 0.25) is 5.02 Å². The molecule has 9 nitrogen and oxygen atoms in total. The summed E-state index contributed by atoms with van der Waals surface area (Å²) in [6.07, 6.45) is 1.52. The Morgan fingerprint density at radius 1 is 1.15 bits per heavy atom. The van der Waals surface area contributed by atoms with Crippen molar-refractivity contribution < 1.29 is 19.3 Å². The Balaban J connectivity index is 1.53. The summed E-state index contributed by atoms with van der Waals surface area (Å²) in [6.45, 7) is 2.46. The van der Waals surface area contributed by atoms with E-state index in [4.69, 9.17) is 11.6 Å². The third-order valence-corrected chi connectivity index (χ3v) is 7.80. The summed E-state index contributed by atoms with van der Waals surface area (Å²) in [6, 6.07) is 8.58. The van der Waals surface area contributed by atoms with Crippen LogP contribution in [0, 0.1) is 28.9 Å². The molecule has 10 heteroatoms. The Morgan fingerprint density at radius 3 is 2.58 bits per heavy atom. The Hall–Kier alpha value is -3.30. The van der Waals surface area contributed by atoms with Crippen molar-refractivity contribution in [1.29, 1.82) is 0 Å². The van der Waals surface area contributed by atoms with E-state index in [0.29, 0.717) is 29.2 Å². The summed E-state index contributed by atoms with van der Waals surface area (Å²) in [5, 5.41) is 14.4. The van der Waals surface area contributed by atoms with Crippen LogP contribution in [0.25, 0.3) is 0 Å². The van der Waals surface area contributed by atoms with E-state index in [-0.39, 0.29) is 29.2 Å². The largest absolute Gasteiger partial charge is 0.324 e. The highest BCUT2D eigenvalue weighted by Crippen LogP contribution is 2.61. The van der Waals surface area contributed by atoms with Gasteiger partial charge in [0.1, 0.15) is 5.54 Å². The number of nitro groups is 1. The van der Waals surface area contributed by atoms with Crippen molar-refractivity contribution in [3.63, 3.8) is 0 Å². The molecule has 0 radical (unpaired) electrons. The van der Waals surface area contributed by atoms with Gasteiger partial charge in [0, 0.05) is 34.4 Å². The van der Waals surface area contributed by atoms with Gasteiger partial charge in [-0.05, 0) is 56.1 Å². The predicted molar refractivity (Wildman–Crippen MR) is 119 cm³/mol. The first-order valence-electron chi connectivity index (χ1n) is 10.8. The maximum Gasteiger partial charge on any atom is 0.269 e. The molecule has 2 aromatic rings. The average Bonchev–Trinajstić information content (AvgIpc) is 3.47. The van der Waals surface area contributed by atoms with Gasteiger partial charge in [-0.15, -0.1) is 0 Å². The minimum Gasteiger partial charge on any atom is -0.324 e. The number of carbonyl (C=O) groups excluding carboxylic acids is 3. The third-order valence-electron chi connectivity index (χ3n) is 7.58. The molecule has 4 aliphatic rings. The first kappa shape index (κ1) is 20.3. The fraction of sp³-hybridized carbons (Fsp3) is 0.348. The summed E-state index contributed by atoms with van der Waals surface area (Å²) in [4.78, 5) is 54.8. The lowest BCUT2D eigenvalue weighted by atomic mass is 9.75. The van der Waals surface area contributed by atoms with Gasteiger partial charge >= 0.3 is 0 Å². The number of rotatable bonds is 2. The Labute approximate surface area is 193 Å². The van der Waals surface area contributed by atoms with Crippen molar-refractivity contribution in [2.75, 3.05) is 16.8 Å². The highest BCUT2D eigenvalue weighted by molar-refractivity contribution is 6.31. The lowest BCUT2D eigenvalue weighted by Crippen LogP contribution is -2.54. The quantitative estimate of drug-likeness (QED) is 0.413. The molecule has 1 N–H and O–H groups in total. The molecule has 0 saturated carbocycles. The Morgan fingerprint density at radius 2 is 1.88 bits per heavy atom. The molecule has 1 spiro atoms. The fourth-order valence-electron chi connectivity index (χ4n) is 6.41. The molecule has 3 amide bonds. The van der Waals surface area contributed by atoms with Crippen LogP contribution >= 0.6 is 11.6 Å². The van der Waals surface area contributed by atoms with Gasteiger partial charge < -0.3 is 5.32 Å². The van der Waals surface area contributed by atoms with Gasteiger partial charge in [-0.2, -0.15) is 0 Å². The van der Waals surface area contributed by atoms with E-state index >= 15 is 0 Å². The second-order valence-corrected chi connectivity index (χ2v) is 9.49. The lowest BCUT2D eigenvalue weighted by molar-refractivity contribution is -0.384. The standard InChI is InChI=1S/C23H19ClN4O5/c1-11-9-12(24)10-15-19(11)25-22(31)23(15)18-17(16-3-2-8-26(16)23)20(29)27(21(18)30)13-4-6-14(7-5-13)28(32)33/h4-7,9-10,16-18H,2-3,8H2,1H3,(H,25,31)/t16-,17-,18-,23-/m0/s1. The molecule has 6 rings (SSSR count). The predicted octanol–water partition coefficient (Wildman–Crippen LogP) is 2.99. The monoisotopic (exact) mass is 466 g/mol. The summed E-state index contributed by atoms with van der Waals surface area (Å²) in [5.74, 6) is -2.72. The number of nitrogens with one attached hydrogen (secondary N) is 1. The number of halogens is 1. The van der Waals surface area contributed by atoms with Gasteiger partial charge in [-0.3, -0.25) is 29.4 Å². The molecule has 2 aromatic carbocycles. The zero-order valence-electron chi connectivity index (χ0n) is 17.6. The molecule has 4 aliphatic heterocycles. The van der Waals surface area contributed by atoms with Gasteiger partial charge in [-0.25, -0.2) is 4.90 Å². The molecular weight excluding hydrogens is 448 g/mol. The van der Waals surface area contributed by atoms with Crippen LogP contribution in [0.1, 0.15) is 24.0 Å². The van der Waals surface area contributed by atoms with Crippen molar-refractivity contribution in [1.82, 2.24) is 4.90 Å². The molecule has 0 unspecified atom stereocenters. The number of amides is 3. The van der Waals surface area contributed by atoms with Gasteiger partial charge in [0.15, 0.2) is 0 Å². The number of anilines is 2. The van der Waals surface area contributed by atoms with Crippen LogP contribution in [0.3, 0.4) is 0 Å². The third kappa shape index (κ3) is 2.38. The highest BCUT2D eigenvalue weighted by atomic mass is 35.5. The molecule has 0 aromatic heterocycles. The second-order valence-electron chi connectivity index (χ2n) is 9.06. The molecule has 3 saturated heterocycles. The molecular formula is C23H19ClN4O5. The number of nitrogens with zero attached hydrogens (tertiary/aromatic N) is 3. The van der Waals surface area contributed by atoms with Gasteiger partial charge in [0.25, 0.3) is 5.69 Å². The van der Waals surface area contributed by atoms with Crippen molar-refractivity contribution >= 4 is 46.4 Å². The molecule has 0 aliphatic carbocycles. The van der Waals surface area contributed by atoms with Gasteiger partial charge in [0.05, 0.1) is 22.4 Å². The molecule has 168 valence electrons. The van der Waals surface area contributed by atoms with Crippen molar-refractivity contribution in [2.24, 2.45) is 11.8 Å². The normalized spacial score (nSPS) is 30.1. The molecule has 0 bridgehead atoms. The number of hydrogen-bond acceptors (Lipinski definition) is 6. The van der Waals surface area contributed by atoms with E-state index < -0.39 is 28.2 Å². The summed E-state index contributed by atoms with van der Waals surface area (Å²) in [5.41, 5.74) is 0.912. The Bertz CT molecular complexity index is 1280. The van der Waals surface area contributed by atoms with Crippen LogP contribution in [-0.2, 0) is 19.9 Å². The number of hydrogen-bond donors (Lipinski definition) is 1. The van der Waals surface area contributed by atoms with Crippen molar-refractivity contribution in [3.8, 4) is 0 Å². The number of non-ortho nitro benzene ring substituents is 1. The minimum absolute atomic E-state index is 0.134. The minimum atomic E-state index is -1.31. The zero-order valence-corrected chi connectivity index (χ0v) is 18.3. The fourth-order valence-corrected chi connectivity index (χ4v) is 6.69. The van der Waals surface area contributed by atoms with Crippen LogP contribution in [-0.4, -0.2) is 40.1 Å². The number of fused-ring (bicyclic) bond motifs is 7. The van der Waals surface area contributed by atoms with Gasteiger partial charge in [-0.1, -0.05) is 11.6 Å². The average molecular weight is 467 g/mol. The summed E-state index contributed by atoms with van der Waals surface area (Å²) in [7, 11) is 0. The number of imide groups is 1. The van der Waals surface area contributed by atoms with Crippen molar-refractivity contribution in [3.05, 3.63) is 62.7 Å². The van der Waals surface area contributed by atoms with Gasteiger partial charge in [0.2, 0.25) is 17.7 Å². The first-order chi connectivity index (χ1) is 15.8. The smallest absolute Gasteiger partial charge is 0.269 e. The van der Waals surface area contributed by atoms with E-state index in [2.05, 4.69) is 5.32 Å².